The van der Waals surface area contributed by atoms with Crippen LogP contribution in [0.4, 0.5) is 0 Å². The Morgan fingerprint density at radius 2 is 1.62 bits per heavy atom. The fourth-order valence-corrected chi connectivity index (χ4v) is 4.35. The first kappa shape index (κ1) is 13.2. The summed E-state index contributed by atoms with van der Waals surface area (Å²) >= 11 is 6.47. The summed E-state index contributed by atoms with van der Waals surface area (Å²) in [4.78, 5) is 0. The van der Waals surface area contributed by atoms with Gasteiger partial charge in [0.2, 0.25) is 0 Å². The number of nitrogens with one attached hydrogen (secondary N) is 1. The van der Waals surface area contributed by atoms with E-state index in [2.05, 4.69) is 23.5 Å². The molecule has 0 bridgehead atoms. The van der Waals surface area contributed by atoms with E-state index in [0.29, 0.717) is 5.75 Å². The Kier molecular flexibility index (Phi) is 2.98. The number of aromatic hydroxyl groups is 1. The molecule has 0 saturated carbocycles. The summed E-state index contributed by atoms with van der Waals surface area (Å²) in [6, 6.07) is 12.2. The van der Waals surface area contributed by atoms with Crippen LogP contribution < -0.4 is 5.32 Å². The van der Waals surface area contributed by atoms with Gasteiger partial charge in [-0.3, -0.25) is 0 Å². The number of phenols is 1. The third-order valence-corrected chi connectivity index (χ3v) is 5.47. The Morgan fingerprint density at radius 1 is 0.952 bits per heavy atom. The maximum Gasteiger partial charge on any atom is 0.119 e. The molecule has 0 amide bonds. The summed E-state index contributed by atoms with van der Waals surface area (Å²) in [6.45, 7) is 2.00. The summed E-state index contributed by atoms with van der Waals surface area (Å²) in [5.74, 6) is 0.399. The molecule has 21 heavy (non-hydrogen) atoms. The molecule has 108 valence electrons. The van der Waals surface area contributed by atoms with Gasteiger partial charge in [-0.2, -0.15) is 0 Å². The lowest BCUT2D eigenvalue weighted by Gasteiger charge is -2.44. The second kappa shape index (κ2) is 4.75. The fraction of sp³-hybridized carbons (Fsp3) is 0.333. The van der Waals surface area contributed by atoms with E-state index in [9.17, 15) is 5.11 Å². The molecule has 2 aromatic rings. The third kappa shape index (κ3) is 1.82. The molecule has 2 N–H and O–H groups in total. The zero-order valence-corrected chi connectivity index (χ0v) is 12.6. The number of piperidine rings is 1. The van der Waals surface area contributed by atoms with Crippen molar-refractivity contribution in [1.29, 1.82) is 0 Å². The van der Waals surface area contributed by atoms with Crippen molar-refractivity contribution in [3.8, 4) is 5.75 Å². The van der Waals surface area contributed by atoms with Crippen molar-refractivity contribution in [3.63, 3.8) is 0 Å². The highest BCUT2D eigenvalue weighted by Gasteiger charge is 2.42. The first-order chi connectivity index (χ1) is 10.2. The number of phenolic OH excluding ortho intramolecular Hbond substituents is 1. The van der Waals surface area contributed by atoms with E-state index >= 15 is 0 Å². The van der Waals surface area contributed by atoms with Gasteiger partial charge < -0.3 is 10.4 Å². The minimum absolute atomic E-state index is 0.00218. The van der Waals surface area contributed by atoms with Crippen LogP contribution in [0.25, 0.3) is 0 Å². The molecule has 3 heteroatoms. The van der Waals surface area contributed by atoms with Crippen LogP contribution in [-0.2, 0) is 11.8 Å². The molecule has 4 rings (SSSR count). The van der Waals surface area contributed by atoms with Gasteiger partial charge in [-0.25, -0.2) is 0 Å². The van der Waals surface area contributed by atoms with Crippen LogP contribution in [0.2, 0.25) is 5.02 Å². The molecule has 1 aliphatic heterocycles. The average molecular weight is 300 g/mol. The van der Waals surface area contributed by atoms with Gasteiger partial charge in [-0.15, -0.1) is 0 Å². The highest BCUT2D eigenvalue weighted by molar-refractivity contribution is 6.31. The molecule has 0 aromatic heterocycles. The highest BCUT2D eigenvalue weighted by Crippen LogP contribution is 2.50. The molecule has 2 aromatic carbocycles. The van der Waals surface area contributed by atoms with E-state index in [1.165, 1.54) is 16.7 Å². The predicted molar refractivity (Wildman–Crippen MR) is 85.2 cm³/mol. The Hall–Kier alpha value is -1.51. The smallest absolute Gasteiger partial charge is 0.119 e. The number of hydrogen-bond acceptors (Lipinski definition) is 2. The Balaban J connectivity index is 2.02. The van der Waals surface area contributed by atoms with E-state index in [1.807, 2.05) is 12.1 Å². The molecular formula is C18H18ClNO. The quantitative estimate of drug-likeness (QED) is 0.779. The van der Waals surface area contributed by atoms with E-state index < -0.39 is 0 Å². The number of halogens is 1. The van der Waals surface area contributed by atoms with E-state index in [4.69, 9.17) is 11.6 Å². The van der Waals surface area contributed by atoms with E-state index in [1.54, 1.807) is 6.07 Å². The summed E-state index contributed by atoms with van der Waals surface area (Å²) in [6.07, 6.45) is 2.83. The summed E-state index contributed by atoms with van der Waals surface area (Å²) in [5.41, 5.74) is 4.89. The monoisotopic (exact) mass is 299 g/mol. The lowest BCUT2D eigenvalue weighted by molar-refractivity contribution is 0.350. The van der Waals surface area contributed by atoms with Gasteiger partial charge in [0, 0.05) is 22.4 Å². The van der Waals surface area contributed by atoms with E-state index in [-0.39, 0.29) is 5.41 Å². The van der Waals surface area contributed by atoms with Crippen LogP contribution in [0.3, 0.4) is 0 Å². The second-order valence-corrected chi connectivity index (χ2v) is 6.49. The van der Waals surface area contributed by atoms with Gasteiger partial charge in [-0.05, 0) is 54.8 Å². The van der Waals surface area contributed by atoms with Crippen LogP contribution in [0, 0.1) is 0 Å². The largest absolute Gasteiger partial charge is 0.508 e. The van der Waals surface area contributed by atoms with Crippen LogP contribution in [-0.4, -0.2) is 18.2 Å². The van der Waals surface area contributed by atoms with Crippen molar-refractivity contribution in [2.45, 2.75) is 24.7 Å². The standard InChI is InChI=1S/C18H18ClNO/c19-16-5-1-3-14-12(16)11-13-15(4-2-6-17(13)21)18(14)7-9-20-10-8-18/h1-6,20-21H,7-11H2. The highest BCUT2D eigenvalue weighted by atomic mass is 35.5. The second-order valence-electron chi connectivity index (χ2n) is 6.08. The minimum Gasteiger partial charge on any atom is -0.508 e. The summed E-state index contributed by atoms with van der Waals surface area (Å²) in [5, 5.41) is 14.6. The molecule has 1 heterocycles. The lowest BCUT2D eigenvalue weighted by atomic mass is 9.62. The maximum absolute atomic E-state index is 10.3. The van der Waals surface area contributed by atoms with Gasteiger partial charge in [0.1, 0.15) is 5.75 Å². The SMILES string of the molecule is Oc1cccc2c1Cc1c(Cl)cccc1C21CCNCC1. The molecule has 0 radical (unpaired) electrons. The van der Waals surface area contributed by atoms with Crippen LogP contribution in [0.1, 0.15) is 35.1 Å². The zero-order chi connectivity index (χ0) is 14.4. The molecule has 1 aliphatic carbocycles. The van der Waals surface area contributed by atoms with Crippen molar-refractivity contribution >= 4 is 11.6 Å². The fourth-order valence-electron chi connectivity index (χ4n) is 4.11. The van der Waals surface area contributed by atoms with Gasteiger partial charge in [0.05, 0.1) is 0 Å². The first-order valence-electron chi connectivity index (χ1n) is 7.52. The topological polar surface area (TPSA) is 32.3 Å². The average Bonchev–Trinajstić information content (AvgIpc) is 2.51. The Bertz CT molecular complexity index is 651. The van der Waals surface area contributed by atoms with Gasteiger partial charge in [-0.1, -0.05) is 35.9 Å². The van der Waals surface area contributed by atoms with Crippen LogP contribution >= 0.6 is 11.6 Å². The van der Waals surface area contributed by atoms with Crippen molar-refractivity contribution in [2.24, 2.45) is 0 Å². The maximum atomic E-state index is 10.3. The van der Waals surface area contributed by atoms with Crippen molar-refractivity contribution in [3.05, 3.63) is 63.7 Å². The Labute approximate surface area is 129 Å². The number of rotatable bonds is 0. The molecule has 1 fully saturated rings. The first-order valence-corrected chi connectivity index (χ1v) is 7.90. The van der Waals surface area contributed by atoms with Gasteiger partial charge >= 0.3 is 0 Å². The molecule has 2 aliphatic rings. The molecule has 2 nitrogen and oxygen atoms in total. The van der Waals surface area contributed by atoms with Crippen LogP contribution in [0.15, 0.2) is 36.4 Å². The molecule has 0 atom stereocenters. The number of fused-ring (bicyclic) bond motifs is 4. The molecule has 1 saturated heterocycles. The Morgan fingerprint density at radius 3 is 2.38 bits per heavy atom. The summed E-state index contributed by atoms with van der Waals surface area (Å²) in [7, 11) is 0. The van der Waals surface area contributed by atoms with Crippen molar-refractivity contribution in [2.75, 3.05) is 13.1 Å². The molecular weight excluding hydrogens is 282 g/mol. The molecule has 0 unspecified atom stereocenters. The van der Waals surface area contributed by atoms with Crippen molar-refractivity contribution in [1.82, 2.24) is 5.32 Å². The number of benzene rings is 2. The summed E-state index contributed by atoms with van der Waals surface area (Å²) < 4.78 is 0. The third-order valence-electron chi connectivity index (χ3n) is 5.11. The minimum atomic E-state index is -0.00218. The van der Waals surface area contributed by atoms with Crippen LogP contribution in [0.5, 0.6) is 5.75 Å². The van der Waals surface area contributed by atoms with E-state index in [0.717, 1.165) is 42.9 Å². The number of hydrogen-bond donors (Lipinski definition) is 2. The lowest BCUT2D eigenvalue weighted by Crippen LogP contribution is -2.43. The normalized spacial score (nSPS) is 19.1. The van der Waals surface area contributed by atoms with Gasteiger partial charge in [0.15, 0.2) is 0 Å². The van der Waals surface area contributed by atoms with Crippen molar-refractivity contribution < 1.29 is 5.11 Å². The van der Waals surface area contributed by atoms with Gasteiger partial charge in [0.25, 0.3) is 0 Å². The predicted octanol–water partition coefficient (Wildman–Crippen LogP) is 3.62. The zero-order valence-electron chi connectivity index (χ0n) is 11.8. The molecule has 1 spiro atoms.